The number of aliphatic hydroxyl groups is 1. The molecule has 0 aromatic carbocycles. The molecule has 0 aromatic heterocycles. The number of hydrogen-bond acceptors (Lipinski definition) is 3. The van der Waals surface area contributed by atoms with Crippen molar-refractivity contribution in [3.8, 4) is 0 Å². The van der Waals surface area contributed by atoms with E-state index in [-0.39, 0.29) is 6.61 Å². The third kappa shape index (κ3) is 5.99. The highest BCUT2D eigenvalue weighted by Crippen LogP contribution is 2.40. The van der Waals surface area contributed by atoms with Gasteiger partial charge in [0, 0.05) is 0 Å². The van der Waals surface area contributed by atoms with Crippen LogP contribution in [-0.2, 0) is 9.09 Å². The Morgan fingerprint density at radius 1 is 1.89 bits per heavy atom. The van der Waals surface area contributed by atoms with Crippen LogP contribution in [0.2, 0.25) is 0 Å². The minimum absolute atomic E-state index is 0.278. The van der Waals surface area contributed by atoms with E-state index in [9.17, 15) is 4.57 Å². The molecule has 0 spiro atoms. The van der Waals surface area contributed by atoms with E-state index in [0.717, 1.165) is 0 Å². The van der Waals surface area contributed by atoms with E-state index in [1.165, 1.54) is 6.92 Å². The largest absolute Gasteiger partial charge is 0.394 e. The maximum atomic E-state index is 10.3. The van der Waals surface area contributed by atoms with Crippen molar-refractivity contribution in [1.82, 2.24) is 0 Å². The SMILES string of the molecule is [CH2]P(=O)(O)OC(C)CO. The third-order valence-electron chi connectivity index (χ3n) is 0.602. The molecule has 0 saturated heterocycles. The molecular formula is C4H10O4P. The number of aliphatic hydroxyl groups excluding tert-OH is 1. The lowest BCUT2D eigenvalue weighted by molar-refractivity contribution is 0.119. The topological polar surface area (TPSA) is 66.8 Å². The Bertz CT molecular complexity index is 118. The summed E-state index contributed by atoms with van der Waals surface area (Å²) >= 11 is 0. The molecular weight excluding hydrogens is 143 g/mol. The minimum Gasteiger partial charge on any atom is -0.394 e. The molecule has 0 bridgehead atoms. The van der Waals surface area contributed by atoms with Gasteiger partial charge in [-0.3, -0.25) is 4.57 Å². The molecule has 2 atom stereocenters. The summed E-state index contributed by atoms with van der Waals surface area (Å²) in [5.41, 5.74) is 0. The van der Waals surface area contributed by atoms with E-state index in [1.54, 1.807) is 0 Å². The number of rotatable bonds is 3. The summed E-state index contributed by atoms with van der Waals surface area (Å²) in [4.78, 5) is 8.43. The van der Waals surface area contributed by atoms with Crippen LogP contribution in [0, 0.1) is 6.66 Å². The molecule has 5 heteroatoms. The summed E-state index contributed by atoms with van der Waals surface area (Å²) in [7, 11) is -3.65. The van der Waals surface area contributed by atoms with Crippen molar-refractivity contribution in [2.75, 3.05) is 6.61 Å². The second-order valence-corrected chi connectivity index (χ2v) is 3.22. The summed E-state index contributed by atoms with van der Waals surface area (Å²) < 4.78 is 14.6. The van der Waals surface area contributed by atoms with Gasteiger partial charge in [0.1, 0.15) is 0 Å². The van der Waals surface area contributed by atoms with Gasteiger partial charge in [-0.25, -0.2) is 0 Å². The smallest absolute Gasteiger partial charge is 0.329 e. The lowest BCUT2D eigenvalue weighted by Crippen LogP contribution is -2.09. The van der Waals surface area contributed by atoms with Gasteiger partial charge < -0.3 is 14.5 Å². The fourth-order valence-corrected chi connectivity index (χ4v) is 0.944. The van der Waals surface area contributed by atoms with Crippen LogP contribution >= 0.6 is 7.60 Å². The summed E-state index contributed by atoms with van der Waals surface area (Å²) in [5.74, 6) is 0. The summed E-state index contributed by atoms with van der Waals surface area (Å²) in [6.07, 6.45) is -0.627. The predicted molar refractivity (Wildman–Crippen MR) is 32.8 cm³/mol. The van der Waals surface area contributed by atoms with Gasteiger partial charge in [-0.15, -0.1) is 0 Å². The molecule has 0 saturated carbocycles. The fourth-order valence-electron chi connectivity index (χ4n) is 0.315. The van der Waals surface area contributed by atoms with Crippen LogP contribution in [0.5, 0.6) is 0 Å². The molecule has 0 aromatic rings. The lowest BCUT2D eigenvalue weighted by Gasteiger charge is -2.10. The van der Waals surface area contributed by atoms with Crippen molar-refractivity contribution in [1.29, 1.82) is 0 Å². The molecule has 2 unspecified atom stereocenters. The van der Waals surface area contributed by atoms with Crippen molar-refractivity contribution in [3.05, 3.63) is 6.66 Å². The maximum Gasteiger partial charge on any atom is 0.329 e. The van der Waals surface area contributed by atoms with Gasteiger partial charge in [-0.2, -0.15) is 0 Å². The molecule has 2 N–H and O–H groups in total. The third-order valence-corrected chi connectivity index (χ3v) is 1.29. The van der Waals surface area contributed by atoms with Gasteiger partial charge >= 0.3 is 7.60 Å². The second-order valence-electron chi connectivity index (χ2n) is 1.74. The lowest BCUT2D eigenvalue weighted by atomic mass is 10.5. The Labute approximate surface area is 54.0 Å². The molecule has 0 rings (SSSR count). The predicted octanol–water partition coefficient (Wildman–Crippen LogP) is 0.361. The first kappa shape index (κ1) is 9.11. The van der Waals surface area contributed by atoms with Crippen molar-refractivity contribution < 1.29 is 19.1 Å². The van der Waals surface area contributed by atoms with Crippen molar-refractivity contribution >= 4 is 7.60 Å². The Hall–Kier alpha value is 0.110. The van der Waals surface area contributed by atoms with Gasteiger partial charge in [0.25, 0.3) is 0 Å². The monoisotopic (exact) mass is 153 g/mol. The quantitative estimate of drug-likeness (QED) is 0.574. The van der Waals surface area contributed by atoms with E-state index in [1.807, 2.05) is 0 Å². The highest BCUT2D eigenvalue weighted by molar-refractivity contribution is 7.54. The van der Waals surface area contributed by atoms with E-state index in [4.69, 9.17) is 10.00 Å². The average Bonchev–Trinajstić information content (AvgIpc) is 1.62. The minimum atomic E-state index is -3.65. The molecule has 0 fully saturated rings. The fraction of sp³-hybridized carbons (Fsp3) is 0.750. The van der Waals surface area contributed by atoms with Gasteiger partial charge in [0.15, 0.2) is 0 Å². The molecule has 0 aliphatic carbocycles. The maximum absolute atomic E-state index is 10.3. The van der Waals surface area contributed by atoms with E-state index < -0.39 is 13.7 Å². The average molecular weight is 153 g/mol. The van der Waals surface area contributed by atoms with Crippen LogP contribution in [0.15, 0.2) is 0 Å². The molecule has 55 valence electrons. The van der Waals surface area contributed by atoms with Crippen molar-refractivity contribution in [3.63, 3.8) is 0 Å². The standard InChI is InChI=1S/C4H10O4P/c1-4(3-5)8-9(2,6)7/h4-5H,2-3H2,1H3,(H,6,7). The number of hydrogen-bond donors (Lipinski definition) is 2. The second kappa shape index (κ2) is 3.32. The van der Waals surface area contributed by atoms with Crippen LogP contribution in [0.4, 0.5) is 0 Å². The summed E-state index contributed by atoms with van der Waals surface area (Å²) in [6.45, 7) is 4.04. The van der Waals surface area contributed by atoms with Crippen LogP contribution < -0.4 is 0 Å². The molecule has 0 heterocycles. The van der Waals surface area contributed by atoms with E-state index >= 15 is 0 Å². The van der Waals surface area contributed by atoms with Crippen LogP contribution in [0.25, 0.3) is 0 Å². The van der Waals surface area contributed by atoms with Crippen LogP contribution in [0.1, 0.15) is 6.92 Å². The Kier molecular flexibility index (Phi) is 3.36. The molecule has 0 aliphatic heterocycles. The molecule has 0 aliphatic rings. The Morgan fingerprint density at radius 2 is 2.33 bits per heavy atom. The first-order valence-corrected chi connectivity index (χ1v) is 4.18. The zero-order chi connectivity index (χ0) is 7.49. The van der Waals surface area contributed by atoms with E-state index in [0.29, 0.717) is 0 Å². The summed E-state index contributed by atoms with van der Waals surface area (Å²) in [6, 6.07) is 0. The zero-order valence-electron chi connectivity index (χ0n) is 5.15. The first-order chi connectivity index (χ1) is 3.95. The molecule has 0 amide bonds. The highest BCUT2D eigenvalue weighted by atomic mass is 31.2. The van der Waals surface area contributed by atoms with E-state index in [2.05, 4.69) is 11.2 Å². The molecule has 9 heavy (non-hydrogen) atoms. The van der Waals surface area contributed by atoms with Crippen LogP contribution in [0.3, 0.4) is 0 Å². The summed E-state index contributed by atoms with van der Waals surface area (Å²) in [5, 5.41) is 8.31. The van der Waals surface area contributed by atoms with Crippen molar-refractivity contribution in [2.24, 2.45) is 0 Å². The first-order valence-electron chi connectivity index (χ1n) is 2.42. The Morgan fingerprint density at radius 3 is 2.44 bits per heavy atom. The molecule has 1 radical (unpaired) electrons. The van der Waals surface area contributed by atoms with Gasteiger partial charge in [0.05, 0.1) is 19.4 Å². The van der Waals surface area contributed by atoms with Crippen molar-refractivity contribution in [2.45, 2.75) is 13.0 Å². The highest BCUT2D eigenvalue weighted by Gasteiger charge is 2.14. The van der Waals surface area contributed by atoms with Gasteiger partial charge in [-0.1, -0.05) is 0 Å². The molecule has 4 nitrogen and oxygen atoms in total. The Balaban J connectivity index is 3.60. The van der Waals surface area contributed by atoms with Gasteiger partial charge in [-0.05, 0) is 6.92 Å². The normalized spacial score (nSPS) is 20.9. The zero-order valence-corrected chi connectivity index (χ0v) is 6.04. The van der Waals surface area contributed by atoms with Gasteiger partial charge in [0.2, 0.25) is 0 Å². The van der Waals surface area contributed by atoms with Crippen LogP contribution in [-0.4, -0.2) is 22.7 Å².